The smallest absolute Gasteiger partial charge is 0.313 e. The largest absolute Gasteiger partial charge is 0.502 e. The van der Waals surface area contributed by atoms with E-state index in [4.69, 9.17) is 0 Å². The van der Waals surface area contributed by atoms with Crippen LogP contribution in [0.1, 0.15) is 23.6 Å². The Labute approximate surface area is 124 Å². The minimum absolute atomic E-state index is 0.0797. The fraction of sp³-hybridized carbons (Fsp3) is 0.467. The van der Waals surface area contributed by atoms with Crippen molar-refractivity contribution in [2.45, 2.75) is 19.4 Å². The minimum Gasteiger partial charge on any atom is -0.502 e. The summed E-state index contributed by atoms with van der Waals surface area (Å²) in [6.07, 6.45) is 2.44. The van der Waals surface area contributed by atoms with Gasteiger partial charge in [-0.15, -0.1) is 6.58 Å². The van der Waals surface area contributed by atoms with E-state index in [0.717, 1.165) is 26.2 Å². The van der Waals surface area contributed by atoms with Crippen molar-refractivity contribution in [2.75, 3.05) is 26.2 Å². The van der Waals surface area contributed by atoms with Crippen LogP contribution in [0.15, 0.2) is 24.8 Å². The highest BCUT2D eigenvalue weighted by Gasteiger charge is 2.28. The summed E-state index contributed by atoms with van der Waals surface area (Å²) in [5.41, 5.74) is 0.879. The van der Waals surface area contributed by atoms with Crippen molar-refractivity contribution < 1.29 is 10.0 Å². The number of nitro groups is 1. The number of nitro benzene ring substituents is 1. The van der Waals surface area contributed by atoms with Gasteiger partial charge in [0.25, 0.3) is 0 Å². The van der Waals surface area contributed by atoms with Crippen LogP contribution < -0.4 is 5.32 Å². The topological polar surface area (TPSA) is 78.6 Å². The molecule has 1 fully saturated rings. The van der Waals surface area contributed by atoms with Crippen LogP contribution in [0.4, 0.5) is 5.69 Å². The van der Waals surface area contributed by atoms with Crippen molar-refractivity contribution in [3.63, 3.8) is 0 Å². The van der Waals surface area contributed by atoms with Gasteiger partial charge in [0.05, 0.1) is 4.92 Å². The molecule has 6 nitrogen and oxygen atoms in total. The highest BCUT2D eigenvalue weighted by molar-refractivity contribution is 5.56. The zero-order valence-corrected chi connectivity index (χ0v) is 12.2. The molecule has 0 aliphatic carbocycles. The SMILES string of the molecule is C=CC[C@@H](c1ccc(C)c([N+](=O)[O-])c1O)N1CCNCC1. The van der Waals surface area contributed by atoms with E-state index in [0.29, 0.717) is 17.5 Å². The van der Waals surface area contributed by atoms with Crippen molar-refractivity contribution in [2.24, 2.45) is 0 Å². The van der Waals surface area contributed by atoms with Gasteiger partial charge in [0.2, 0.25) is 0 Å². The fourth-order valence-corrected chi connectivity index (χ4v) is 2.82. The summed E-state index contributed by atoms with van der Waals surface area (Å²) < 4.78 is 0. The maximum atomic E-state index is 11.2. The Hall–Kier alpha value is -1.92. The molecule has 1 aromatic rings. The fourth-order valence-electron chi connectivity index (χ4n) is 2.82. The van der Waals surface area contributed by atoms with Gasteiger partial charge in [-0.05, 0) is 13.3 Å². The predicted molar refractivity (Wildman–Crippen MR) is 81.5 cm³/mol. The van der Waals surface area contributed by atoms with Crippen LogP contribution in [0, 0.1) is 17.0 Å². The number of piperazine rings is 1. The minimum atomic E-state index is -0.517. The standard InChI is InChI=1S/C15H21N3O3/c1-3-4-13(17-9-7-16-8-10-17)12-6-5-11(2)14(15(12)19)18(20)21/h3,5-6,13,16,19H,1,4,7-10H2,2H3/t13-/m0/s1. The molecule has 2 rings (SSSR count). The number of rotatable bonds is 5. The molecule has 1 aliphatic heterocycles. The van der Waals surface area contributed by atoms with E-state index in [1.165, 1.54) is 0 Å². The number of phenols is 1. The molecule has 1 atom stereocenters. The molecule has 0 saturated carbocycles. The van der Waals surface area contributed by atoms with E-state index in [-0.39, 0.29) is 17.5 Å². The molecule has 2 N–H and O–H groups in total. The number of hydrogen-bond donors (Lipinski definition) is 2. The number of aromatic hydroxyl groups is 1. The van der Waals surface area contributed by atoms with Gasteiger partial charge in [0, 0.05) is 43.3 Å². The van der Waals surface area contributed by atoms with Gasteiger partial charge in [-0.1, -0.05) is 18.2 Å². The van der Waals surface area contributed by atoms with Gasteiger partial charge in [-0.3, -0.25) is 15.0 Å². The van der Waals surface area contributed by atoms with Crippen LogP contribution in [0.5, 0.6) is 5.75 Å². The zero-order valence-electron chi connectivity index (χ0n) is 12.2. The summed E-state index contributed by atoms with van der Waals surface area (Å²) in [7, 11) is 0. The van der Waals surface area contributed by atoms with Gasteiger partial charge in [0.15, 0.2) is 5.75 Å². The predicted octanol–water partition coefficient (Wildman–Crippen LogP) is 2.13. The molecule has 21 heavy (non-hydrogen) atoms. The summed E-state index contributed by atoms with van der Waals surface area (Å²) in [6, 6.07) is 3.41. The summed E-state index contributed by atoms with van der Waals surface area (Å²) in [6.45, 7) is 8.85. The first-order valence-corrected chi connectivity index (χ1v) is 7.08. The lowest BCUT2D eigenvalue weighted by Gasteiger charge is -2.35. The van der Waals surface area contributed by atoms with Crippen LogP contribution >= 0.6 is 0 Å². The van der Waals surface area contributed by atoms with Gasteiger partial charge in [0.1, 0.15) is 0 Å². The summed E-state index contributed by atoms with van der Waals surface area (Å²) in [5, 5.41) is 24.8. The Morgan fingerprint density at radius 3 is 2.76 bits per heavy atom. The molecule has 1 aromatic carbocycles. The second kappa shape index (κ2) is 6.69. The zero-order chi connectivity index (χ0) is 15.4. The lowest BCUT2D eigenvalue weighted by Crippen LogP contribution is -2.45. The molecular weight excluding hydrogens is 270 g/mol. The highest BCUT2D eigenvalue weighted by Crippen LogP contribution is 2.39. The Morgan fingerprint density at radius 2 is 2.19 bits per heavy atom. The van der Waals surface area contributed by atoms with E-state index in [1.54, 1.807) is 25.1 Å². The Morgan fingerprint density at radius 1 is 1.52 bits per heavy atom. The molecule has 0 radical (unpaired) electrons. The average molecular weight is 291 g/mol. The third kappa shape index (κ3) is 3.22. The van der Waals surface area contributed by atoms with Gasteiger partial charge < -0.3 is 10.4 Å². The molecule has 114 valence electrons. The normalized spacial score (nSPS) is 17.4. The summed E-state index contributed by atoms with van der Waals surface area (Å²) in [5.74, 6) is -0.217. The van der Waals surface area contributed by atoms with Crippen molar-refractivity contribution in [1.82, 2.24) is 10.2 Å². The van der Waals surface area contributed by atoms with Gasteiger partial charge in [-0.25, -0.2) is 0 Å². The second-order valence-electron chi connectivity index (χ2n) is 5.25. The van der Waals surface area contributed by atoms with Crippen LogP contribution in [0.25, 0.3) is 0 Å². The quantitative estimate of drug-likeness (QED) is 0.493. The van der Waals surface area contributed by atoms with E-state index in [1.807, 2.05) is 0 Å². The number of phenolic OH excluding ortho intramolecular Hbond substituents is 1. The number of aryl methyl sites for hydroxylation is 1. The second-order valence-corrected chi connectivity index (χ2v) is 5.25. The van der Waals surface area contributed by atoms with Crippen LogP contribution in [-0.4, -0.2) is 41.1 Å². The molecule has 6 heteroatoms. The van der Waals surface area contributed by atoms with Gasteiger partial charge in [-0.2, -0.15) is 0 Å². The maximum absolute atomic E-state index is 11.2. The molecule has 0 aromatic heterocycles. The van der Waals surface area contributed by atoms with Crippen molar-refractivity contribution in [3.8, 4) is 5.75 Å². The summed E-state index contributed by atoms with van der Waals surface area (Å²) >= 11 is 0. The molecule has 0 amide bonds. The van der Waals surface area contributed by atoms with Crippen molar-refractivity contribution in [1.29, 1.82) is 0 Å². The van der Waals surface area contributed by atoms with E-state index in [9.17, 15) is 15.2 Å². The van der Waals surface area contributed by atoms with Crippen molar-refractivity contribution >= 4 is 5.69 Å². The first-order chi connectivity index (χ1) is 10.1. The Balaban J connectivity index is 2.42. The van der Waals surface area contributed by atoms with E-state index >= 15 is 0 Å². The lowest BCUT2D eigenvalue weighted by atomic mass is 9.97. The Bertz CT molecular complexity index is 539. The van der Waals surface area contributed by atoms with E-state index < -0.39 is 4.92 Å². The number of benzene rings is 1. The highest BCUT2D eigenvalue weighted by atomic mass is 16.6. The van der Waals surface area contributed by atoms with Crippen molar-refractivity contribution in [3.05, 3.63) is 46.0 Å². The van der Waals surface area contributed by atoms with Crippen LogP contribution in [0.2, 0.25) is 0 Å². The number of nitrogens with zero attached hydrogens (tertiary/aromatic N) is 2. The first kappa shape index (κ1) is 15.5. The maximum Gasteiger partial charge on any atom is 0.313 e. The molecule has 1 aliphatic rings. The first-order valence-electron chi connectivity index (χ1n) is 7.08. The molecule has 0 bridgehead atoms. The molecular formula is C15H21N3O3. The molecule has 1 saturated heterocycles. The van der Waals surface area contributed by atoms with Crippen LogP contribution in [-0.2, 0) is 0 Å². The third-order valence-electron chi connectivity index (χ3n) is 3.91. The van der Waals surface area contributed by atoms with Gasteiger partial charge >= 0.3 is 5.69 Å². The van der Waals surface area contributed by atoms with Crippen LogP contribution in [0.3, 0.4) is 0 Å². The Kier molecular flexibility index (Phi) is 4.93. The molecule has 0 unspecified atom stereocenters. The van der Waals surface area contributed by atoms with E-state index in [2.05, 4.69) is 16.8 Å². The lowest BCUT2D eigenvalue weighted by molar-refractivity contribution is -0.386. The summed E-state index contributed by atoms with van der Waals surface area (Å²) in [4.78, 5) is 12.9. The third-order valence-corrected chi connectivity index (χ3v) is 3.91. The molecule has 0 spiro atoms. The number of nitrogens with one attached hydrogen (secondary N) is 1. The number of hydrogen-bond acceptors (Lipinski definition) is 5. The molecule has 1 heterocycles. The average Bonchev–Trinajstić information content (AvgIpc) is 2.46. The monoisotopic (exact) mass is 291 g/mol.